The first-order chi connectivity index (χ1) is 13.3. The number of ketones is 1. The van der Waals surface area contributed by atoms with Crippen LogP contribution in [0.25, 0.3) is 0 Å². The Morgan fingerprint density at radius 2 is 1.07 bits per heavy atom. The van der Waals surface area contributed by atoms with E-state index in [1.807, 2.05) is 74.5 Å². The van der Waals surface area contributed by atoms with E-state index in [0.29, 0.717) is 12.8 Å². The van der Waals surface area contributed by atoms with Crippen LogP contribution in [0.15, 0.2) is 60.7 Å². The quantitative estimate of drug-likeness (QED) is 0.592. The molecular formula is C25H34O3. The summed E-state index contributed by atoms with van der Waals surface area (Å²) in [6.07, 6.45) is 3.01. The molecule has 0 aliphatic heterocycles. The Labute approximate surface area is 169 Å². The molecule has 0 amide bonds. The van der Waals surface area contributed by atoms with Crippen molar-refractivity contribution in [1.82, 2.24) is 0 Å². The van der Waals surface area contributed by atoms with E-state index in [9.17, 15) is 15.0 Å². The maximum Gasteiger partial charge on any atom is 0.196 e. The normalized spacial score (nSPS) is 17.9. The van der Waals surface area contributed by atoms with Gasteiger partial charge in [0.25, 0.3) is 0 Å². The van der Waals surface area contributed by atoms with Crippen LogP contribution in [0.3, 0.4) is 0 Å². The minimum absolute atomic E-state index is 0.365. The molecule has 0 heterocycles. The van der Waals surface area contributed by atoms with E-state index in [0.717, 1.165) is 24.0 Å². The third kappa shape index (κ3) is 4.71. The minimum atomic E-state index is -1.67. The van der Waals surface area contributed by atoms with Crippen molar-refractivity contribution in [2.75, 3.05) is 0 Å². The lowest BCUT2D eigenvalue weighted by Gasteiger charge is -2.40. The third-order valence-corrected chi connectivity index (χ3v) is 5.84. The summed E-state index contributed by atoms with van der Waals surface area (Å²) >= 11 is 0. The largest absolute Gasteiger partial charge is 0.382 e. The summed E-state index contributed by atoms with van der Waals surface area (Å²) in [5, 5.41) is 22.8. The lowest BCUT2D eigenvalue weighted by Crippen LogP contribution is -2.55. The Bertz CT molecular complexity index is 671. The fourth-order valence-corrected chi connectivity index (χ4v) is 4.32. The number of rotatable bonds is 10. The second kappa shape index (κ2) is 9.49. The molecule has 2 aromatic rings. The van der Waals surface area contributed by atoms with Gasteiger partial charge in [0.15, 0.2) is 5.78 Å². The van der Waals surface area contributed by atoms with Crippen molar-refractivity contribution in [3.63, 3.8) is 0 Å². The van der Waals surface area contributed by atoms with Gasteiger partial charge < -0.3 is 10.2 Å². The van der Waals surface area contributed by atoms with Crippen LogP contribution in [0.2, 0.25) is 0 Å². The number of Topliss-reactive ketones (excluding diaryl/α,β-unsaturated/α-hetero) is 1. The zero-order valence-corrected chi connectivity index (χ0v) is 17.6. The van der Waals surface area contributed by atoms with E-state index in [1.54, 1.807) is 13.8 Å². The van der Waals surface area contributed by atoms with Crippen molar-refractivity contribution in [3.05, 3.63) is 71.8 Å². The number of hydrogen-bond donors (Lipinski definition) is 2. The van der Waals surface area contributed by atoms with Crippen molar-refractivity contribution in [1.29, 1.82) is 0 Å². The molecule has 2 N–H and O–H groups in total. The van der Waals surface area contributed by atoms with E-state index in [1.165, 1.54) is 0 Å². The standard InChI is InChI=1S/C25H34O3/c1-5-13-21(19-15-9-7-10-16-19)24(3,27)23(26)25(4,28)22(14-6-2)20-17-11-8-12-18-20/h7-12,15-18,21-22,27-28H,5-6,13-14H2,1-4H3. The summed E-state index contributed by atoms with van der Waals surface area (Å²) in [5.74, 6) is -1.24. The van der Waals surface area contributed by atoms with Crippen LogP contribution in [0.1, 0.15) is 76.3 Å². The molecule has 2 rings (SSSR count). The van der Waals surface area contributed by atoms with Gasteiger partial charge in [-0.2, -0.15) is 0 Å². The Morgan fingerprint density at radius 1 is 0.750 bits per heavy atom. The number of carbonyl (C=O) groups is 1. The van der Waals surface area contributed by atoms with Crippen LogP contribution in [0, 0.1) is 0 Å². The number of hydrogen-bond acceptors (Lipinski definition) is 3. The molecule has 0 fully saturated rings. The van der Waals surface area contributed by atoms with Crippen LogP contribution in [0.5, 0.6) is 0 Å². The molecule has 0 spiro atoms. The fourth-order valence-electron chi connectivity index (χ4n) is 4.32. The van der Waals surface area contributed by atoms with Gasteiger partial charge in [-0.15, -0.1) is 0 Å². The van der Waals surface area contributed by atoms with E-state index >= 15 is 0 Å². The molecule has 3 heteroatoms. The molecule has 4 unspecified atom stereocenters. The van der Waals surface area contributed by atoms with Crippen LogP contribution >= 0.6 is 0 Å². The Morgan fingerprint density at radius 3 is 1.36 bits per heavy atom. The molecule has 4 atom stereocenters. The molecule has 3 nitrogen and oxygen atoms in total. The van der Waals surface area contributed by atoms with Gasteiger partial charge >= 0.3 is 0 Å². The Kier molecular flexibility index (Phi) is 7.56. The topological polar surface area (TPSA) is 57.5 Å². The zero-order valence-electron chi connectivity index (χ0n) is 17.6. The molecule has 0 saturated heterocycles. The lowest BCUT2D eigenvalue weighted by atomic mass is 9.68. The average molecular weight is 383 g/mol. The molecular weight excluding hydrogens is 348 g/mol. The lowest BCUT2D eigenvalue weighted by molar-refractivity contribution is -0.159. The first kappa shape index (κ1) is 22.3. The van der Waals surface area contributed by atoms with E-state index in [-0.39, 0.29) is 11.8 Å². The van der Waals surface area contributed by atoms with Crippen molar-refractivity contribution >= 4 is 5.78 Å². The molecule has 152 valence electrons. The van der Waals surface area contributed by atoms with Crippen LogP contribution in [-0.4, -0.2) is 27.2 Å². The van der Waals surface area contributed by atoms with Gasteiger partial charge in [-0.3, -0.25) is 4.79 Å². The fraction of sp³-hybridized carbons (Fsp3) is 0.480. The van der Waals surface area contributed by atoms with Gasteiger partial charge in [0.2, 0.25) is 0 Å². The van der Waals surface area contributed by atoms with Gasteiger partial charge in [-0.1, -0.05) is 87.4 Å². The van der Waals surface area contributed by atoms with Crippen LogP contribution in [-0.2, 0) is 4.79 Å². The second-order valence-electron chi connectivity index (χ2n) is 8.13. The monoisotopic (exact) mass is 382 g/mol. The smallest absolute Gasteiger partial charge is 0.196 e. The summed E-state index contributed by atoms with van der Waals surface area (Å²) < 4.78 is 0. The predicted molar refractivity (Wildman–Crippen MR) is 114 cm³/mol. The van der Waals surface area contributed by atoms with Crippen molar-refractivity contribution in [3.8, 4) is 0 Å². The van der Waals surface area contributed by atoms with Gasteiger partial charge in [0.1, 0.15) is 11.2 Å². The van der Waals surface area contributed by atoms with Gasteiger partial charge in [-0.25, -0.2) is 0 Å². The summed E-state index contributed by atoms with van der Waals surface area (Å²) in [7, 11) is 0. The highest BCUT2D eigenvalue weighted by atomic mass is 16.3. The maximum atomic E-state index is 13.6. The highest BCUT2D eigenvalue weighted by Crippen LogP contribution is 2.41. The molecule has 0 aromatic heterocycles. The third-order valence-electron chi connectivity index (χ3n) is 5.84. The Hall–Kier alpha value is -1.97. The molecule has 0 bridgehead atoms. The highest BCUT2D eigenvalue weighted by Gasteiger charge is 2.51. The molecule has 0 aliphatic carbocycles. The molecule has 0 aliphatic rings. The van der Waals surface area contributed by atoms with Gasteiger partial charge in [-0.05, 0) is 37.8 Å². The molecule has 2 aromatic carbocycles. The predicted octanol–water partition coefficient (Wildman–Crippen LogP) is 5.23. The van der Waals surface area contributed by atoms with E-state index < -0.39 is 17.0 Å². The minimum Gasteiger partial charge on any atom is -0.382 e. The number of benzene rings is 2. The van der Waals surface area contributed by atoms with Crippen molar-refractivity contribution < 1.29 is 15.0 Å². The second-order valence-corrected chi connectivity index (χ2v) is 8.13. The summed E-state index contributed by atoms with van der Waals surface area (Å²) in [6, 6.07) is 19.3. The Balaban J connectivity index is 2.43. The summed E-state index contributed by atoms with van der Waals surface area (Å²) in [4.78, 5) is 13.6. The average Bonchev–Trinajstić information content (AvgIpc) is 2.70. The maximum absolute atomic E-state index is 13.6. The molecule has 0 radical (unpaired) electrons. The van der Waals surface area contributed by atoms with Gasteiger partial charge in [0, 0.05) is 11.8 Å². The van der Waals surface area contributed by atoms with Crippen molar-refractivity contribution in [2.45, 2.75) is 76.4 Å². The molecule has 28 heavy (non-hydrogen) atoms. The zero-order chi connectivity index (χ0) is 20.8. The summed E-state index contributed by atoms with van der Waals surface area (Å²) in [5.41, 5.74) is -1.49. The van der Waals surface area contributed by atoms with Crippen LogP contribution in [0.4, 0.5) is 0 Å². The van der Waals surface area contributed by atoms with Gasteiger partial charge in [0.05, 0.1) is 0 Å². The summed E-state index contributed by atoms with van der Waals surface area (Å²) in [6.45, 7) is 7.20. The number of aliphatic hydroxyl groups is 2. The van der Waals surface area contributed by atoms with E-state index in [2.05, 4.69) is 0 Å². The molecule has 0 saturated carbocycles. The van der Waals surface area contributed by atoms with E-state index in [4.69, 9.17) is 0 Å². The number of carbonyl (C=O) groups excluding carboxylic acids is 1. The first-order valence-electron chi connectivity index (χ1n) is 10.4. The van der Waals surface area contributed by atoms with Crippen molar-refractivity contribution in [2.24, 2.45) is 0 Å². The first-order valence-corrected chi connectivity index (χ1v) is 10.4. The van der Waals surface area contributed by atoms with Crippen LogP contribution < -0.4 is 0 Å². The highest BCUT2D eigenvalue weighted by molar-refractivity contribution is 5.95. The SMILES string of the molecule is CCCC(c1ccccc1)C(C)(O)C(=O)C(C)(O)C(CCC)c1ccccc1.